The number of amides is 3. The molecule has 154 valence electrons. The summed E-state index contributed by atoms with van der Waals surface area (Å²) in [5, 5.41) is 24.3. The van der Waals surface area contributed by atoms with E-state index in [2.05, 4.69) is 25.9 Å². The first kappa shape index (κ1) is 22.6. The molecule has 8 N–H and O–H groups in total. The van der Waals surface area contributed by atoms with E-state index in [1.54, 1.807) is 0 Å². The first-order valence-electron chi connectivity index (χ1n) is 8.21. The number of hydrogen-bond acceptors (Lipinski definition) is 7. The summed E-state index contributed by atoms with van der Waals surface area (Å²) < 4.78 is 0. The molecule has 1 rings (SSSR count). The molecule has 0 bridgehead atoms. The largest absolute Gasteiger partial charge is 0.481 e. The molecule has 13 nitrogen and oxygen atoms in total. The van der Waals surface area contributed by atoms with E-state index < -0.39 is 61.3 Å². The monoisotopic (exact) mass is 398 g/mol. The first-order valence-corrected chi connectivity index (χ1v) is 8.21. The molecular formula is C15H22N6O7. The second-order valence-electron chi connectivity index (χ2n) is 5.71. The van der Waals surface area contributed by atoms with Crippen LogP contribution in [0.3, 0.4) is 0 Å². The molecule has 0 fully saturated rings. The van der Waals surface area contributed by atoms with Crippen LogP contribution in [-0.2, 0) is 30.4 Å². The third-order valence-corrected chi connectivity index (χ3v) is 3.51. The van der Waals surface area contributed by atoms with Crippen LogP contribution in [-0.4, -0.2) is 75.0 Å². The number of imidazole rings is 1. The minimum absolute atomic E-state index is 0.0340. The van der Waals surface area contributed by atoms with Gasteiger partial charge in [-0.25, -0.2) is 4.98 Å². The number of aromatic nitrogens is 2. The molecule has 1 aromatic heterocycles. The zero-order valence-corrected chi connectivity index (χ0v) is 14.8. The third-order valence-electron chi connectivity index (χ3n) is 3.51. The molecule has 0 aliphatic carbocycles. The van der Waals surface area contributed by atoms with Crippen LogP contribution in [0.15, 0.2) is 12.5 Å². The van der Waals surface area contributed by atoms with E-state index in [0.717, 1.165) is 0 Å². The number of carboxylic acids is 2. The average Bonchev–Trinajstić information content (AvgIpc) is 3.15. The number of aliphatic carboxylic acids is 2. The third kappa shape index (κ3) is 8.27. The van der Waals surface area contributed by atoms with E-state index in [-0.39, 0.29) is 12.8 Å². The molecule has 2 unspecified atom stereocenters. The fourth-order valence-electron chi connectivity index (χ4n) is 2.17. The van der Waals surface area contributed by atoms with Gasteiger partial charge in [-0.1, -0.05) is 0 Å². The van der Waals surface area contributed by atoms with Crippen LogP contribution >= 0.6 is 0 Å². The zero-order valence-electron chi connectivity index (χ0n) is 14.8. The molecule has 0 spiro atoms. The Morgan fingerprint density at radius 3 is 2.32 bits per heavy atom. The molecule has 13 heteroatoms. The van der Waals surface area contributed by atoms with Crippen molar-refractivity contribution in [3.8, 4) is 0 Å². The lowest BCUT2D eigenvalue weighted by Crippen LogP contribution is -2.55. The van der Waals surface area contributed by atoms with Crippen LogP contribution in [0.25, 0.3) is 0 Å². The summed E-state index contributed by atoms with van der Waals surface area (Å²) in [5.74, 6) is -4.70. The van der Waals surface area contributed by atoms with Gasteiger partial charge in [0.2, 0.25) is 17.7 Å². The minimum atomic E-state index is -1.27. The number of aromatic amines is 1. The lowest BCUT2D eigenvalue weighted by Gasteiger charge is -2.22. The van der Waals surface area contributed by atoms with Gasteiger partial charge in [0.05, 0.1) is 12.9 Å². The van der Waals surface area contributed by atoms with Gasteiger partial charge in [-0.3, -0.25) is 24.0 Å². The number of carboxylic acid groups (broad SMARTS) is 2. The van der Waals surface area contributed by atoms with Gasteiger partial charge in [0.1, 0.15) is 18.6 Å². The number of nitrogens with two attached hydrogens (primary N) is 1. The van der Waals surface area contributed by atoms with Crippen LogP contribution in [0, 0.1) is 0 Å². The van der Waals surface area contributed by atoms with E-state index in [4.69, 9.17) is 15.9 Å². The molecule has 2 atom stereocenters. The highest BCUT2D eigenvalue weighted by Crippen LogP contribution is 2.03. The summed E-state index contributed by atoms with van der Waals surface area (Å²) in [7, 11) is 0. The van der Waals surface area contributed by atoms with Gasteiger partial charge < -0.3 is 36.9 Å². The Hall–Kier alpha value is -3.48. The maximum absolute atomic E-state index is 12.5. The maximum Gasteiger partial charge on any atom is 0.322 e. The van der Waals surface area contributed by atoms with Crippen LogP contribution in [0.4, 0.5) is 0 Å². The van der Waals surface area contributed by atoms with Crippen molar-refractivity contribution < 1.29 is 34.2 Å². The normalized spacial score (nSPS) is 12.5. The summed E-state index contributed by atoms with van der Waals surface area (Å²) in [6.07, 6.45) is 2.12. The van der Waals surface area contributed by atoms with Crippen molar-refractivity contribution in [1.82, 2.24) is 25.9 Å². The second kappa shape index (κ2) is 11.3. The van der Waals surface area contributed by atoms with Gasteiger partial charge in [-0.05, 0) is 6.42 Å². The predicted octanol–water partition coefficient (Wildman–Crippen LogP) is -3.05. The Balaban J connectivity index is 2.88. The second-order valence-corrected chi connectivity index (χ2v) is 5.71. The predicted molar refractivity (Wildman–Crippen MR) is 92.7 cm³/mol. The van der Waals surface area contributed by atoms with Gasteiger partial charge in [-0.15, -0.1) is 0 Å². The summed E-state index contributed by atoms with van der Waals surface area (Å²) in [6.45, 7) is -1.06. The highest BCUT2D eigenvalue weighted by atomic mass is 16.4. The van der Waals surface area contributed by atoms with Crippen LogP contribution in [0.1, 0.15) is 18.5 Å². The van der Waals surface area contributed by atoms with Crippen LogP contribution in [0.5, 0.6) is 0 Å². The van der Waals surface area contributed by atoms with Crippen molar-refractivity contribution in [2.24, 2.45) is 5.73 Å². The fraction of sp³-hybridized carbons (Fsp3) is 0.467. The van der Waals surface area contributed by atoms with Crippen molar-refractivity contribution in [2.45, 2.75) is 31.3 Å². The molecule has 0 saturated carbocycles. The Labute approximate surface area is 159 Å². The Morgan fingerprint density at radius 1 is 1.07 bits per heavy atom. The van der Waals surface area contributed by atoms with Crippen molar-refractivity contribution in [3.63, 3.8) is 0 Å². The van der Waals surface area contributed by atoms with Gasteiger partial charge in [-0.2, -0.15) is 0 Å². The average molecular weight is 398 g/mol. The summed E-state index contributed by atoms with van der Waals surface area (Å²) in [5.41, 5.74) is 5.68. The molecule has 0 aliphatic heterocycles. The fourth-order valence-corrected chi connectivity index (χ4v) is 2.17. The van der Waals surface area contributed by atoms with E-state index in [9.17, 15) is 24.0 Å². The number of nitrogens with zero attached hydrogens (tertiary/aromatic N) is 1. The first-order chi connectivity index (χ1) is 13.2. The molecule has 1 heterocycles. The summed E-state index contributed by atoms with van der Waals surface area (Å²) >= 11 is 0. The number of rotatable bonds is 12. The van der Waals surface area contributed by atoms with Gasteiger partial charge in [0.25, 0.3) is 0 Å². The van der Waals surface area contributed by atoms with Crippen molar-refractivity contribution in [2.75, 3.05) is 13.1 Å². The van der Waals surface area contributed by atoms with Crippen LogP contribution < -0.4 is 21.7 Å². The highest BCUT2D eigenvalue weighted by molar-refractivity contribution is 5.93. The molecule has 3 amide bonds. The number of carbonyl (C=O) groups excluding carboxylic acids is 3. The van der Waals surface area contributed by atoms with E-state index in [1.807, 2.05) is 0 Å². The standard InChI is InChI=1S/C15H22N6O7/c16-4-11(22)20-9(1-2-12(23)24)15(28)21-10(3-8-5-17-7-19-8)14(27)18-6-13(25)26/h5,7,9-10H,1-4,6,16H2,(H,17,19)(H,18,27)(H,20,22)(H,21,28)(H,23,24)(H,25,26). The van der Waals surface area contributed by atoms with Gasteiger partial charge in [0.15, 0.2) is 0 Å². The maximum atomic E-state index is 12.5. The molecule has 28 heavy (non-hydrogen) atoms. The lowest BCUT2D eigenvalue weighted by atomic mass is 10.1. The molecule has 1 aromatic rings. The lowest BCUT2D eigenvalue weighted by molar-refractivity contribution is -0.138. The summed E-state index contributed by atoms with van der Waals surface area (Å²) in [6, 6.07) is -2.42. The molecule has 0 radical (unpaired) electrons. The quantitative estimate of drug-likeness (QED) is 0.190. The Bertz CT molecular complexity index is 706. The molecular weight excluding hydrogens is 376 g/mol. The smallest absolute Gasteiger partial charge is 0.322 e. The SMILES string of the molecule is NCC(=O)NC(CCC(=O)O)C(=O)NC(Cc1cnc[nH]1)C(=O)NCC(=O)O. The minimum Gasteiger partial charge on any atom is -0.481 e. The zero-order chi connectivity index (χ0) is 21.1. The van der Waals surface area contributed by atoms with E-state index in [0.29, 0.717) is 5.69 Å². The van der Waals surface area contributed by atoms with Crippen molar-refractivity contribution in [3.05, 3.63) is 18.2 Å². The number of nitrogens with one attached hydrogen (secondary N) is 4. The number of carbonyl (C=O) groups is 5. The van der Waals surface area contributed by atoms with E-state index >= 15 is 0 Å². The Morgan fingerprint density at radius 2 is 1.79 bits per heavy atom. The van der Waals surface area contributed by atoms with Crippen LogP contribution in [0.2, 0.25) is 0 Å². The Kier molecular flexibility index (Phi) is 9.09. The number of hydrogen-bond donors (Lipinski definition) is 7. The van der Waals surface area contributed by atoms with Gasteiger partial charge in [0, 0.05) is 24.7 Å². The van der Waals surface area contributed by atoms with Gasteiger partial charge >= 0.3 is 11.9 Å². The van der Waals surface area contributed by atoms with E-state index in [1.165, 1.54) is 12.5 Å². The van der Waals surface area contributed by atoms with Crippen molar-refractivity contribution in [1.29, 1.82) is 0 Å². The molecule has 0 aromatic carbocycles. The highest BCUT2D eigenvalue weighted by Gasteiger charge is 2.27. The number of H-pyrrole nitrogens is 1. The molecule has 0 saturated heterocycles. The summed E-state index contributed by atoms with van der Waals surface area (Å²) in [4.78, 5) is 64.2. The topological polar surface area (TPSA) is 217 Å². The van der Waals surface area contributed by atoms with Crippen molar-refractivity contribution >= 4 is 29.7 Å². The molecule has 0 aliphatic rings.